The third-order valence-corrected chi connectivity index (χ3v) is 6.81. The summed E-state index contributed by atoms with van der Waals surface area (Å²) in [6.07, 6.45) is 4.31. The number of nitrogens with one attached hydrogen (secondary N) is 2. The second-order valence-corrected chi connectivity index (χ2v) is 9.68. The number of morpholine rings is 1. The minimum atomic E-state index is -3.14. The third kappa shape index (κ3) is 5.44. The average Bonchev–Trinajstić information content (AvgIpc) is 3.63. The lowest BCUT2D eigenvalue weighted by Gasteiger charge is -2.47. The van der Waals surface area contributed by atoms with Gasteiger partial charge in [0.1, 0.15) is 11.6 Å². The molecule has 10 heteroatoms. The van der Waals surface area contributed by atoms with Gasteiger partial charge in [-0.05, 0) is 45.4 Å². The van der Waals surface area contributed by atoms with Crippen molar-refractivity contribution in [2.75, 3.05) is 32.8 Å². The largest absolute Gasteiger partial charge is 0.371 e. The van der Waals surface area contributed by atoms with Crippen molar-refractivity contribution in [3.63, 3.8) is 0 Å². The van der Waals surface area contributed by atoms with Crippen LogP contribution in [0.5, 0.6) is 0 Å². The van der Waals surface area contributed by atoms with Crippen LogP contribution in [0.1, 0.15) is 51.9 Å². The van der Waals surface area contributed by atoms with Gasteiger partial charge in [0, 0.05) is 32.1 Å². The van der Waals surface area contributed by atoms with Gasteiger partial charge in [-0.25, -0.2) is 13.6 Å². The number of nitriles is 1. The van der Waals surface area contributed by atoms with Gasteiger partial charge < -0.3 is 25.2 Å². The summed E-state index contributed by atoms with van der Waals surface area (Å²) in [6, 6.07) is 0.751. The Morgan fingerprint density at radius 1 is 1.23 bits per heavy atom. The Bertz CT molecular complexity index is 749. The quantitative estimate of drug-likeness (QED) is 0.655. The predicted octanol–water partition coefficient (Wildman–Crippen LogP) is 1.61. The minimum Gasteiger partial charge on any atom is -0.371 e. The summed E-state index contributed by atoms with van der Waals surface area (Å²) < 4.78 is 33.5. The molecule has 4 rings (SSSR count). The van der Waals surface area contributed by atoms with Crippen LogP contribution in [-0.4, -0.2) is 83.7 Å². The van der Waals surface area contributed by atoms with Crippen molar-refractivity contribution in [1.82, 2.24) is 20.4 Å². The summed E-state index contributed by atoms with van der Waals surface area (Å²) in [5.41, 5.74) is -1.39. The second-order valence-electron chi connectivity index (χ2n) is 9.68. The molecule has 2 aliphatic carbocycles. The first-order valence-electron chi connectivity index (χ1n) is 11.2. The number of carbonyl (C=O) groups is 2. The van der Waals surface area contributed by atoms with E-state index < -0.39 is 41.5 Å². The van der Waals surface area contributed by atoms with E-state index in [1.165, 1.54) is 12.8 Å². The van der Waals surface area contributed by atoms with Gasteiger partial charge in [-0.15, -0.1) is 0 Å². The van der Waals surface area contributed by atoms with E-state index in [0.29, 0.717) is 45.5 Å². The fourth-order valence-electron chi connectivity index (χ4n) is 4.58. The highest BCUT2D eigenvalue weighted by Crippen LogP contribution is 2.36. The van der Waals surface area contributed by atoms with Crippen molar-refractivity contribution >= 4 is 11.9 Å². The van der Waals surface area contributed by atoms with E-state index in [1.54, 1.807) is 4.90 Å². The molecule has 0 aromatic carbocycles. The number of rotatable bonds is 6. The first-order chi connectivity index (χ1) is 14.6. The first kappa shape index (κ1) is 22.2. The molecule has 0 unspecified atom stereocenters. The van der Waals surface area contributed by atoms with E-state index in [1.807, 2.05) is 6.07 Å². The Labute approximate surface area is 181 Å². The van der Waals surface area contributed by atoms with Crippen molar-refractivity contribution in [1.29, 1.82) is 5.26 Å². The first-order valence-corrected chi connectivity index (χ1v) is 11.2. The van der Waals surface area contributed by atoms with E-state index >= 15 is 0 Å². The monoisotopic (exact) mass is 439 g/mol. The van der Waals surface area contributed by atoms with E-state index in [2.05, 4.69) is 15.5 Å². The van der Waals surface area contributed by atoms with Crippen LogP contribution in [0.15, 0.2) is 0 Å². The number of halogens is 2. The van der Waals surface area contributed by atoms with Crippen LogP contribution in [0.2, 0.25) is 0 Å². The number of likely N-dealkylation sites (tertiary alicyclic amines) is 1. The molecule has 4 aliphatic rings. The molecule has 2 heterocycles. The molecular weight excluding hydrogens is 408 g/mol. The number of nitrogens with zero attached hydrogens (tertiary/aromatic N) is 3. The van der Waals surface area contributed by atoms with E-state index in [-0.39, 0.29) is 0 Å². The molecule has 2 saturated heterocycles. The van der Waals surface area contributed by atoms with E-state index in [9.17, 15) is 23.6 Å². The van der Waals surface area contributed by atoms with Crippen molar-refractivity contribution < 1.29 is 23.1 Å². The molecule has 2 aliphatic heterocycles. The topological polar surface area (TPSA) is 97.7 Å². The van der Waals surface area contributed by atoms with Crippen LogP contribution in [0.3, 0.4) is 0 Å². The molecule has 0 radical (unpaired) electrons. The molecule has 2 saturated carbocycles. The normalized spacial score (nSPS) is 26.1. The van der Waals surface area contributed by atoms with Gasteiger partial charge in [0.05, 0.1) is 24.8 Å². The van der Waals surface area contributed by atoms with E-state index in [0.717, 1.165) is 25.9 Å². The maximum Gasteiger partial charge on any atom is 0.318 e. The summed E-state index contributed by atoms with van der Waals surface area (Å²) in [5.74, 6) is -3.88. The number of alkyl halides is 2. The molecule has 1 spiro atoms. The van der Waals surface area contributed by atoms with Crippen LogP contribution >= 0.6 is 0 Å². The van der Waals surface area contributed by atoms with Gasteiger partial charge in [-0.3, -0.25) is 4.79 Å². The number of amides is 3. The fraction of sp³-hybridized carbons (Fsp3) is 0.857. The number of piperidine rings is 1. The molecule has 31 heavy (non-hydrogen) atoms. The van der Waals surface area contributed by atoms with Crippen molar-refractivity contribution in [2.24, 2.45) is 0 Å². The summed E-state index contributed by atoms with van der Waals surface area (Å²) >= 11 is 0. The maximum absolute atomic E-state index is 13.7. The molecule has 1 atom stereocenters. The van der Waals surface area contributed by atoms with Crippen molar-refractivity contribution in [3.05, 3.63) is 0 Å². The number of carbonyl (C=O) groups excluding carboxylic acids is 2. The van der Waals surface area contributed by atoms with Crippen LogP contribution in [0.25, 0.3) is 0 Å². The van der Waals surface area contributed by atoms with E-state index in [4.69, 9.17) is 4.74 Å². The minimum absolute atomic E-state index is 0.346. The van der Waals surface area contributed by atoms with Crippen molar-refractivity contribution in [3.8, 4) is 6.07 Å². The molecule has 2 N–H and O–H groups in total. The van der Waals surface area contributed by atoms with Gasteiger partial charge in [0.15, 0.2) is 0 Å². The van der Waals surface area contributed by atoms with Gasteiger partial charge in [-0.2, -0.15) is 5.26 Å². The van der Waals surface area contributed by atoms with Gasteiger partial charge in [-0.1, -0.05) is 0 Å². The molecule has 8 nitrogen and oxygen atoms in total. The molecular formula is C21H31F2N5O3. The number of urea groups is 1. The number of hydrogen-bond donors (Lipinski definition) is 2. The van der Waals surface area contributed by atoms with Crippen molar-refractivity contribution in [2.45, 2.75) is 81.0 Å². The maximum atomic E-state index is 13.7. The predicted molar refractivity (Wildman–Crippen MR) is 107 cm³/mol. The van der Waals surface area contributed by atoms with Crippen LogP contribution in [0.4, 0.5) is 13.6 Å². The lowest BCUT2D eigenvalue weighted by atomic mass is 9.89. The third-order valence-electron chi connectivity index (χ3n) is 6.81. The van der Waals surface area contributed by atoms with Crippen LogP contribution < -0.4 is 10.6 Å². The molecule has 3 amide bonds. The average molecular weight is 440 g/mol. The molecule has 0 aromatic rings. The van der Waals surface area contributed by atoms with Gasteiger partial charge in [0.25, 0.3) is 0 Å². The summed E-state index contributed by atoms with van der Waals surface area (Å²) in [7, 11) is 0. The highest BCUT2D eigenvalue weighted by molar-refractivity contribution is 5.88. The second kappa shape index (κ2) is 8.17. The van der Waals surface area contributed by atoms with Gasteiger partial charge >= 0.3 is 6.03 Å². The molecule has 172 valence electrons. The number of hydrogen-bond acceptors (Lipinski definition) is 5. The van der Waals surface area contributed by atoms with Gasteiger partial charge in [0.2, 0.25) is 11.8 Å². The van der Waals surface area contributed by atoms with Crippen LogP contribution in [0, 0.1) is 11.3 Å². The smallest absolute Gasteiger partial charge is 0.318 e. The summed E-state index contributed by atoms with van der Waals surface area (Å²) in [5, 5.41) is 14.2. The zero-order chi connectivity index (χ0) is 22.3. The lowest BCUT2D eigenvalue weighted by Crippen LogP contribution is -2.61. The Kier molecular flexibility index (Phi) is 5.85. The lowest BCUT2D eigenvalue weighted by molar-refractivity contribution is -0.129. The highest BCUT2D eigenvalue weighted by atomic mass is 19.3. The highest BCUT2D eigenvalue weighted by Gasteiger charge is 2.47. The summed E-state index contributed by atoms with van der Waals surface area (Å²) in [4.78, 5) is 29.6. The Morgan fingerprint density at radius 2 is 1.90 bits per heavy atom. The molecule has 4 fully saturated rings. The fourth-order valence-corrected chi connectivity index (χ4v) is 4.58. The Balaban J connectivity index is 1.36. The standard InChI is InChI=1S/C21H31F2N5O3/c1-19(22,23)12-16(17(29)26-20(13-24)4-5-20)25-18(30)28-10-11-31-21(14-28)6-8-27(9-7-21)15-2-3-15/h15-16H,2-12,14H2,1H3,(H,25,30)(H,26,29)/t16-/m0/s1. The Hall–Kier alpha value is -1.99. The Morgan fingerprint density at radius 3 is 2.45 bits per heavy atom. The van der Waals surface area contributed by atoms with Crippen LogP contribution in [-0.2, 0) is 9.53 Å². The zero-order valence-corrected chi connectivity index (χ0v) is 18.0. The summed E-state index contributed by atoms with van der Waals surface area (Å²) in [6.45, 7) is 3.70. The zero-order valence-electron chi connectivity index (χ0n) is 18.0. The molecule has 0 aromatic heterocycles. The number of ether oxygens (including phenoxy) is 1. The SMILES string of the molecule is CC(F)(F)C[C@H](NC(=O)N1CCOC2(CCN(C3CC3)CC2)C1)C(=O)NC1(C#N)CC1. The molecule has 0 bridgehead atoms.